The summed E-state index contributed by atoms with van der Waals surface area (Å²) in [7, 11) is 0. The van der Waals surface area contributed by atoms with E-state index in [-0.39, 0.29) is 35.2 Å². The Labute approximate surface area is 331 Å². The minimum Gasteiger partial charge on any atom is -0.394 e. The molecule has 0 aromatic carbocycles. The van der Waals surface area contributed by atoms with Gasteiger partial charge in [-0.25, -0.2) is 0 Å². The third-order valence-electron chi connectivity index (χ3n) is 17.3. The molecule has 4 saturated carbocycles. The largest absolute Gasteiger partial charge is 0.394 e. The van der Waals surface area contributed by atoms with E-state index in [4.69, 9.17) is 23.7 Å². The predicted octanol–water partition coefficient (Wildman–Crippen LogP) is 1.36. The molecule has 3 saturated heterocycles. The Kier molecular flexibility index (Phi) is 11.3. The van der Waals surface area contributed by atoms with Crippen LogP contribution in [0.5, 0.6) is 0 Å². The second-order valence-electron chi connectivity index (χ2n) is 21.2. The summed E-state index contributed by atoms with van der Waals surface area (Å²) < 4.78 is 32.0. The van der Waals surface area contributed by atoms with E-state index in [2.05, 4.69) is 41.5 Å². The van der Waals surface area contributed by atoms with Crippen LogP contribution < -0.4 is 0 Å². The molecule has 3 aliphatic heterocycles. The Hall–Kier alpha value is -0.560. The van der Waals surface area contributed by atoms with Crippen LogP contribution in [0, 0.1) is 45.3 Å². The predicted molar refractivity (Wildman–Crippen MR) is 200 cm³/mol. The van der Waals surface area contributed by atoms with Crippen molar-refractivity contribution in [1.29, 1.82) is 0 Å². The molecular weight excluding hydrogens is 728 g/mol. The van der Waals surface area contributed by atoms with Gasteiger partial charge in [0.2, 0.25) is 0 Å². The van der Waals surface area contributed by atoms with Crippen molar-refractivity contribution in [2.24, 2.45) is 45.3 Å². The second kappa shape index (κ2) is 14.5. The van der Waals surface area contributed by atoms with Crippen molar-refractivity contribution in [2.45, 2.75) is 211 Å². The van der Waals surface area contributed by atoms with Gasteiger partial charge in [-0.3, -0.25) is 0 Å². The van der Waals surface area contributed by atoms with E-state index in [1.54, 1.807) is 13.8 Å². The second-order valence-corrected chi connectivity index (χ2v) is 21.2. The lowest BCUT2D eigenvalue weighted by Gasteiger charge is -2.72. The smallest absolute Gasteiger partial charge is 0.187 e. The molecule has 3 heterocycles. The highest BCUT2D eigenvalue weighted by molar-refractivity contribution is 5.22. The number of hydrogen-bond acceptors (Lipinski definition) is 14. The maximum Gasteiger partial charge on any atom is 0.187 e. The van der Waals surface area contributed by atoms with Gasteiger partial charge in [-0.1, -0.05) is 34.6 Å². The van der Waals surface area contributed by atoms with Gasteiger partial charge >= 0.3 is 0 Å². The molecule has 0 radical (unpaired) electrons. The van der Waals surface area contributed by atoms with Crippen LogP contribution in [0.2, 0.25) is 0 Å². The SMILES string of the molecule is C[C@@H]1O[C@@H](O[C@H]2[C@H](O[C@@H]3C[C@]4(C)C(C[C@H](O)[C@H]5[C@@H]([C@]6(C)CC[C@H](C(C)(C)O)O6)CC[C@@]54C)[C@@]4(C)CC[C@@H](O)C(C)(C)C34)O[C@H](CO)[C@@H](O)[C@@H]2O)[C@H](O)[C@H](O)[C@H]1O. The summed E-state index contributed by atoms with van der Waals surface area (Å²) >= 11 is 0. The van der Waals surface area contributed by atoms with Crippen LogP contribution in [0.25, 0.3) is 0 Å². The fourth-order valence-electron chi connectivity index (χ4n) is 14.1. The van der Waals surface area contributed by atoms with E-state index in [9.17, 15) is 46.0 Å². The average Bonchev–Trinajstić information content (AvgIpc) is 3.71. The van der Waals surface area contributed by atoms with Crippen molar-refractivity contribution < 1.29 is 69.6 Å². The Morgan fingerprint density at radius 1 is 0.732 bits per heavy atom. The van der Waals surface area contributed by atoms with Crippen LogP contribution in [0.1, 0.15) is 114 Å². The highest BCUT2D eigenvalue weighted by Gasteiger charge is 2.74. The first-order valence-corrected chi connectivity index (χ1v) is 21.2. The molecule has 0 spiro atoms. The third-order valence-corrected chi connectivity index (χ3v) is 17.3. The highest BCUT2D eigenvalue weighted by Crippen LogP contribution is 2.76. The third kappa shape index (κ3) is 6.49. The molecule has 0 aromatic heterocycles. The van der Waals surface area contributed by atoms with Crippen LogP contribution in [-0.4, -0.2) is 150 Å². The number of rotatable bonds is 7. The molecule has 0 amide bonds. The van der Waals surface area contributed by atoms with Gasteiger partial charge in [0.1, 0.15) is 42.7 Å². The molecule has 56 heavy (non-hydrogen) atoms. The van der Waals surface area contributed by atoms with Crippen molar-refractivity contribution >= 4 is 0 Å². The molecule has 7 aliphatic rings. The zero-order chi connectivity index (χ0) is 41.3. The zero-order valence-electron chi connectivity index (χ0n) is 34.8. The fraction of sp³-hybridized carbons (Fsp3) is 1.00. The lowest BCUT2D eigenvalue weighted by atomic mass is 9.34. The Morgan fingerprint density at radius 2 is 1.41 bits per heavy atom. The molecular formula is C42H72O14. The number of aliphatic hydroxyl groups is 9. The van der Waals surface area contributed by atoms with E-state index in [0.29, 0.717) is 25.7 Å². The number of ether oxygens (including phenoxy) is 5. The van der Waals surface area contributed by atoms with Crippen LogP contribution in [-0.2, 0) is 23.7 Å². The van der Waals surface area contributed by atoms with Gasteiger partial charge in [0, 0.05) is 0 Å². The molecule has 14 nitrogen and oxygen atoms in total. The van der Waals surface area contributed by atoms with Gasteiger partial charge in [0.15, 0.2) is 12.6 Å². The standard InChI is InChI=1S/C42H72O14/c1-19-28(46)30(48)32(50)35(52-19)55-33-31(49)29(47)23(18-43)54-36(33)53-22-17-41(8)24(39(6)13-11-25(45)37(2,3)34(22)39)16-21(44)27-20(10-14-40(27,41)7)42(9)15-12-26(56-42)38(4,5)51/h19-36,43-51H,10-18H2,1-9H3/t19-,20-,21-,22+,23+,24?,25+,26+,27+,28-,29+,30+,31-,32+,33+,34?,35-,36+,39+,40-,41+,42-/m0/s1. The topological polar surface area (TPSA) is 228 Å². The molecule has 2 unspecified atom stereocenters. The zero-order valence-corrected chi connectivity index (χ0v) is 34.8. The van der Waals surface area contributed by atoms with Gasteiger partial charge in [-0.15, -0.1) is 0 Å². The van der Waals surface area contributed by atoms with Crippen molar-refractivity contribution in [1.82, 2.24) is 0 Å². The van der Waals surface area contributed by atoms with Crippen LogP contribution >= 0.6 is 0 Å². The molecule has 324 valence electrons. The van der Waals surface area contributed by atoms with Crippen LogP contribution in [0.3, 0.4) is 0 Å². The summed E-state index contributed by atoms with van der Waals surface area (Å²) in [5, 5.41) is 99.5. The lowest BCUT2D eigenvalue weighted by molar-refractivity contribution is -0.382. The molecule has 4 aliphatic carbocycles. The molecule has 14 heteroatoms. The summed E-state index contributed by atoms with van der Waals surface area (Å²) in [5.41, 5.74) is -3.36. The van der Waals surface area contributed by atoms with E-state index in [0.717, 1.165) is 25.7 Å². The molecule has 7 rings (SSSR count). The minimum atomic E-state index is -1.70. The summed E-state index contributed by atoms with van der Waals surface area (Å²) in [4.78, 5) is 0. The minimum absolute atomic E-state index is 0.0557. The first kappa shape index (κ1) is 43.5. The number of hydrogen-bond donors (Lipinski definition) is 9. The Morgan fingerprint density at radius 3 is 2.04 bits per heavy atom. The normalized spacial score (nSPS) is 57.3. The summed E-state index contributed by atoms with van der Waals surface area (Å²) in [6, 6.07) is 0. The molecule has 7 fully saturated rings. The first-order chi connectivity index (χ1) is 25.9. The van der Waals surface area contributed by atoms with E-state index in [1.807, 2.05) is 0 Å². The highest BCUT2D eigenvalue weighted by atomic mass is 16.8. The van der Waals surface area contributed by atoms with Gasteiger partial charge in [0.25, 0.3) is 0 Å². The van der Waals surface area contributed by atoms with Crippen molar-refractivity contribution in [3.63, 3.8) is 0 Å². The van der Waals surface area contributed by atoms with Crippen molar-refractivity contribution in [3.8, 4) is 0 Å². The Bertz CT molecular complexity index is 1430. The van der Waals surface area contributed by atoms with Crippen LogP contribution in [0.4, 0.5) is 0 Å². The average molecular weight is 801 g/mol. The van der Waals surface area contributed by atoms with Crippen molar-refractivity contribution in [3.05, 3.63) is 0 Å². The molecule has 0 aromatic rings. The van der Waals surface area contributed by atoms with Gasteiger partial charge in [-0.2, -0.15) is 0 Å². The fourth-order valence-corrected chi connectivity index (χ4v) is 14.1. The van der Waals surface area contributed by atoms with Gasteiger partial charge < -0.3 is 69.6 Å². The maximum atomic E-state index is 12.4. The molecule has 22 atom stereocenters. The Balaban J connectivity index is 1.26. The number of fused-ring (bicyclic) bond motifs is 5. The summed E-state index contributed by atoms with van der Waals surface area (Å²) in [6.45, 7) is 17.6. The van der Waals surface area contributed by atoms with Crippen molar-refractivity contribution in [2.75, 3.05) is 6.61 Å². The molecule has 9 N–H and O–H groups in total. The molecule has 0 bridgehead atoms. The lowest BCUT2D eigenvalue weighted by Crippen LogP contribution is -2.71. The van der Waals surface area contributed by atoms with Gasteiger partial charge in [0.05, 0.1) is 48.3 Å². The van der Waals surface area contributed by atoms with E-state index < -0.39 is 114 Å². The number of aliphatic hydroxyl groups excluding tert-OH is 8. The van der Waals surface area contributed by atoms with E-state index >= 15 is 0 Å². The maximum absolute atomic E-state index is 12.4. The monoisotopic (exact) mass is 800 g/mol. The quantitative estimate of drug-likeness (QED) is 0.166. The van der Waals surface area contributed by atoms with Gasteiger partial charge in [-0.05, 0) is 124 Å². The van der Waals surface area contributed by atoms with E-state index in [1.165, 1.54) is 6.92 Å². The summed E-state index contributed by atoms with van der Waals surface area (Å²) in [5.74, 6) is -0.246. The first-order valence-electron chi connectivity index (χ1n) is 21.2. The van der Waals surface area contributed by atoms with Crippen LogP contribution in [0.15, 0.2) is 0 Å². The summed E-state index contributed by atoms with van der Waals surface area (Å²) in [6.07, 6.45) is -11.0.